The van der Waals surface area contributed by atoms with E-state index in [4.69, 9.17) is 38.6 Å². The lowest BCUT2D eigenvalue weighted by molar-refractivity contribution is -0.407. The van der Waals surface area contributed by atoms with E-state index in [9.17, 15) is 43.6 Å². The van der Waals surface area contributed by atoms with Gasteiger partial charge in [-0.2, -0.15) is 8.42 Å². The summed E-state index contributed by atoms with van der Waals surface area (Å²) in [6.45, 7) is 2.34. The number of carbonyl (C=O) groups is 1. The number of rotatable bonds is 13. The molecule has 0 amide bonds. The van der Waals surface area contributed by atoms with Gasteiger partial charge in [0, 0.05) is 24.8 Å². The van der Waals surface area contributed by atoms with Crippen molar-refractivity contribution in [3.63, 3.8) is 0 Å². The zero-order valence-corrected chi connectivity index (χ0v) is 20.8. The van der Waals surface area contributed by atoms with Crippen molar-refractivity contribution in [3.05, 3.63) is 42.5 Å². The molecule has 16 nitrogen and oxygen atoms in total. The van der Waals surface area contributed by atoms with Crippen LogP contribution in [-0.4, -0.2) is 81.2 Å². The van der Waals surface area contributed by atoms with Crippen molar-refractivity contribution in [1.29, 1.82) is 0 Å². The molecule has 1 atom stereocenters. The first-order valence-corrected chi connectivity index (χ1v) is 11.6. The molecule has 1 aromatic carbocycles. The standard InChI is InChI=1S/C9H18Cl2N2O2.C6H3N3O9S.ClH/c10-3-6-13(7-4-11)5-1-2-8(12)9(14)15;10-7(11)3-1-4(8(12)13)6(19(16,17)18)5(2-3)9(14)15;/h8H,1-7,12H2,(H,14,15);1-2H,(H,16,17,18);1H. The summed E-state index contributed by atoms with van der Waals surface area (Å²) in [6.07, 6.45) is 1.23. The third kappa shape index (κ3) is 12.2. The Morgan fingerprint density at radius 3 is 1.71 bits per heavy atom. The molecule has 0 fully saturated rings. The third-order valence-electron chi connectivity index (χ3n) is 4.00. The molecule has 1 aromatic rings. The Kier molecular flexibility index (Phi) is 16.2. The number of hydrogen-bond acceptors (Lipinski definition) is 11. The number of carboxylic acid groups (broad SMARTS) is 1. The average Bonchev–Trinajstić information content (AvgIpc) is 2.72. The summed E-state index contributed by atoms with van der Waals surface area (Å²) >= 11 is 11.2. The molecular formula is C15H22Cl3N5O11S. The van der Waals surface area contributed by atoms with Crippen LogP contribution in [0.4, 0.5) is 17.1 Å². The molecule has 1 rings (SSSR count). The molecule has 0 spiro atoms. The van der Waals surface area contributed by atoms with Crippen molar-refractivity contribution in [1.82, 2.24) is 4.90 Å². The van der Waals surface area contributed by atoms with Gasteiger partial charge in [0.25, 0.3) is 5.69 Å². The molecule has 0 saturated carbocycles. The summed E-state index contributed by atoms with van der Waals surface area (Å²) in [5, 5.41) is 40.2. The fourth-order valence-electron chi connectivity index (χ4n) is 2.46. The summed E-state index contributed by atoms with van der Waals surface area (Å²) in [7, 11) is -5.30. The van der Waals surface area contributed by atoms with Crippen LogP contribution in [0.25, 0.3) is 0 Å². The van der Waals surface area contributed by atoms with Crippen LogP contribution in [0.3, 0.4) is 0 Å². The normalized spacial score (nSPS) is 11.6. The van der Waals surface area contributed by atoms with Gasteiger partial charge in [0.2, 0.25) is 4.90 Å². The number of carboxylic acids is 1. The Hall–Kier alpha value is -2.41. The molecule has 0 aliphatic rings. The number of halogens is 3. The smallest absolute Gasteiger partial charge is 0.320 e. The van der Waals surface area contributed by atoms with Crippen LogP contribution in [0, 0.1) is 30.3 Å². The Balaban J connectivity index is 0. The Morgan fingerprint density at radius 2 is 1.43 bits per heavy atom. The first-order chi connectivity index (χ1) is 15.7. The quantitative estimate of drug-likeness (QED) is 0.130. The van der Waals surface area contributed by atoms with E-state index in [1.807, 2.05) is 0 Å². The number of non-ortho nitro benzene ring substituents is 1. The molecular weight excluding hydrogens is 565 g/mol. The van der Waals surface area contributed by atoms with Gasteiger partial charge in [-0.05, 0) is 19.4 Å². The van der Waals surface area contributed by atoms with Gasteiger partial charge in [-0.25, -0.2) is 0 Å². The summed E-state index contributed by atoms with van der Waals surface area (Å²) in [5.74, 6) is 0.167. The fraction of sp³-hybridized carbons (Fsp3) is 0.533. The first kappa shape index (κ1) is 34.8. The van der Waals surface area contributed by atoms with Crippen LogP contribution in [-0.2, 0) is 14.9 Å². The minimum absolute atomic E-state index is 0. The number of benzene rings is 1. The largest absolute Gasteiger partial charge is 0.480 e. The highest BCUT2D eigenvalue weighted by atomic mass is 35.5. The zero-order chi connectivity index (χ0) is 26.6. The number of alkyl halides is 2. The molecule has 0 bridgehead atoms. The zero-order valence-electron chi connectivity index (χ0n) is 17.7. The Labute approximate surface area is 214 Å². The average molecular weight is 587 g/mol. The molecule has 1 unspecified atom stereocenters. The highest BCUT2D eigenvalue weighted by molar-refractivity contribution is 7.86. The van der Waals surface area contributed by atoms with E-state index < -0.39 is 58.9 Å². The van der Waals surface area contributed by atoms with E-state index in [1.54, 1.807) is 0 Å². The lowest BCUT2D eigenvalue weighted by Gasteiger charge is -2.20. The molecule has 0 radical (unpaired) electrons. The minimum atomic E-state index is -5.30. The van der Waals surface area contributed by atoms with Gasteiger partial charge >= 0.3 is 27.5 Å². The second-order valence-electron chi connectivity index (χ2n) is 6.37. The van der Waals surface area contributed by atoms with Gasteiger partial charge in [0.05, 0.1) is 26.9 Å². The predicted molar refractivity (Wildman–Crippen MR) is 126 cm³/mol. The topological polar surface area (TPSA) is 250 Å². The summed E-state index contributed by atoms with van der Waals surface area (Å²) in [4.78, 5) is 38.7. The molecule has 20 heteroatoms. The van der Waals surface area contributed by atoms with Crippen LogP contribution in [0.15, 0.2) is 17.0 Å². The highest BCUT2D eigenvalue weighted by Gasteiger charge is 2.37. The van der Waals surface area contributed by atoms with Crippen LogP contribution >= 0.6 is 35.6 Å². The summed E-state index contributed by atoms with van der Waals surface area (Å²) in [5.41, 5.74) is 1.42. The van der Waals surface area contributed by atoms with Crippen molar-refractivity contribution in [3.8, 4) is 0 Å². The van der Waals surface area contributed by atoms with Gasteiger partial charge < -0.3 is 15.7 Å². The fourth-order valence-corrected chi connectivity index (χ4v) is 3.73. The maximum atomic E-state index is 10.9. The number of nitrogens with two attached hydrogens (primary N) is 1. The Morgan fingerprint density at radius 1 is 1.00 bits per heavy atom. The first-order valence-electron chi connectivity index (χ1n) is 9.08. The number of nitro groups is 3. The second kappa shape index (κ2) is 16.3. The maximum absolute atomic E-state index is 10.9. The molecule has 0 aliphatic carbocycles. The molecule has 0 heterocycles. The monoisotopic (exact) mass is 585 g/mol. The van der Waals surface area contributed by atoms with E-state index in [0.717, 1.165) is 26.1 Å². The van der Waals surface area contributed by atoms with E-state index >= 15 is 0 Å². The number of hydrogen-bond donors (Lipinski definition) is 3. The van der Waals surface area contributed by atoms with Crippen molar-refractivity contribution < 1.29 is 37.6 Å². The van der Waals surface area contributed by atoms with Crippen LogP contribution < -0.4 is 5.73 Å². The highest BCUT2D eigenvalue weighted by Crippen LogP contribution is 2.36. The lowest BCUT2D eigenvalue weighted by Crippen LogP contribution is -2.33. The molecule has 0 aromatic heterocycles. The van der Waals surface area contributed by atoms with E-state index in [1.165, 1.54) is 0 Å². The molecule has 200 valence electrons. The van der Waals surface area contributed by atoms with E-state index in [0.29, 0.717) is 18.2 Å². The second-order valence-corrected chi connectivity index (χ2v) is 8.48. The summed E-state index contributed by atoms with van der Waals surface area (Å²) < 4.78 is 30.7. The number of nitro benzene ring substituents is 3. The van der Waals surface area contributed by atoms with Gasteiger partial charge in [-0.3, -0.25) is 39.7 Å². The van der Waals surface area contributed by atoms with Gasteiger partial charge in [0.15, 0.2) is 0 Å². The van der Waals surface area contributed by atoms with E-state index in [2.05, 4.69) is 4.90 Å². The van der Waals surface area contributed by atoms with Crippen LogP contribution in [0.5, 0.6) is 0 Å². The Bertz CT molecular complexity index is 971. The molecule has 0 aliphatic heterocycles. The predicted octanol–water partition coefficient (Wildman–Crippen LogP) is 2.04. The SMILES string of the molecule is Cl.NC(CCCN(CCCl)CCCl)C(=O)O.O=[N+]([O-])c1cc([N+](=O)[O-])c(S(=O)(=O)O)c([N+](=O)[O-])c1. The van der Waals surface area contributed by atoms with Crippen molar-refractivity contribution in [2.75, 3.05) is 31.4 Å². The molecule has 0 saturated heterocycles. The van der Waals surface area contributed by atoms with Crippen molar-refractivity contribution in [2.45, 2.75) is 23.8 Å². The summed E-state index contributed by atoms with van der Waals surface area (Å²) in [6, 6.07) is -0.356. The van der Waals surface area contributed by atoms with E-state index in [-0.39, 0.29) is 24.5 Å². The van der Waals surface area contributed by atoms with Gasteiger partial charge in [-0.15, -0.1) is 35.6 Å². The number of nitrogens with zero attached hydrogens (tertiary/aromatic N) is 4. The molecule has 4 N–H and O–H groups in total. The van der Waals surface area contributed by atoms with Crippen LogP contribution in [0.1, 0.15) is 12.8 Å². The van der Waals surface area contributed by atoms with Crippen molar-refractivity contribution in [2.24, 2.45) is 5.73 Å². The van der Waals surface area contributed by atoms with Crippen molar-refractivity contribution >= 4 is 68.8 Å². The minimum Gasteiger partial charge on any atom is -0.480 e. The maximum Gasteiger partial charge on any atom is 0.320 e. The van der Waals surface area contributed by atoms with Gasteiger partial charge in [0.1, 0.15) is 6.04 Å². The third-order valence-corrected chi connectivity index (χ3v) is 5.28. The lowest BCUT2D eigenvalue weighted by atomic mass is 10.1. The van der Waals surface area contributed by atoms with Crippen LogP contribution in [0.2, 0.25) is 0 Å². The molecule has 35 heavy (non-hydrogen) atoms. The van der Waals surface area contributed by atoms with Gasteiger partial charge in [-0.1, -0.05) is 0 Å². The number of aliphatic carboxylic acids is 1.